The standard InChI is InChI=1S/C14H16N2O/c1-9-4-2-5-10-8-12(16-13(9)10)14(17)15-11-6-3-7-11/h2,4-5,8,11,16H,3,6-7H2,1H3,(H,15,17). The number of nitrogens with one attached hydrogen (secondary N) is 2. The molecule has 3 nitrogen and oxygen atoms in total. The van der Waals surface area contributed by atoms with E-state index in [-0.39, 0.29) is 5.91 Å². The van der Waals surface area contributed by atoms with Crippen molar-refractivity contribution >= 4 is 16.8 Å². The Morgan fingerprint density at radius 2 is 2.24 bits per heavy atom. The Hall–Kier alpha value is -1.77. The Morgan fingerprint density at radius 1 is 1.41 bits per heavy atom. The third kappa shape index (κ3) is 1.82. The number of H-pyrrole nitrogens is 1. The highest BCUT2D eigenvalue weighted by Gasteiger charge is 2.20. The molecule has 17 heavy (non-hydrogen) atoms. The van der Waals surface area contributed by atoms with Crippen LogP contribution in [-0.4, -0.2) is 16.9 Å². The molecule has 1 fully saturated rings. The van der Waals surface area contributed by atoms with Gasteiger partial charge in [0.2, 0.25) is 0 Å². The third-order valence-electron chi connectivity index (χ3n) is 3.55. The number of fused-ring (bicyclic) bond motifs is 1. The van der Waals surface area contributed by atoms with Gasteiger partial charge in [0, 0.05) is 16.9 Å². The fraction of sp³-hybridized carbons (Fsp3) is 0.357. The Bertz CT molecular complexity index is 567. The molecule has 1 aromatic heterocycles. The molecule has 1 amide bonds. The molecule has 1 aliphatic rings. The lowest BCUT2D eigenvalue weighted by Crippen LogP contribution is -2.39. The van der Waals surface area contributed by atoms with Gasteiger partial charge in [-0.15, -0.1) is 0 Å². The van der Waals surface area contributed by atoms with E-state index in [1.807, 2.05) is 31.2 Å². The van der Waals surface area contributed by atoms with Crippen molar-refractivity contribution in [1.82, 2.24) is 10.3 Å². The SMILES string of the molecule is Cc1cccc2cc(C(=O)NC3CCC3)[nH]c12. The van der Waals surface area contributed by atoms with Gasteiger partial charge in [0.1, 0.15) is 5.69 Å². The van der Waals surface area contributed by atoms with Gasteiger partial charge < -0.3 is 10.3 Å². The van der Waals surface area contributed by atoms with Crippen molar-refractivity contribution < 1.29 is 4.79 Å². The van der Waals surface area contributed by atoms with Crippen molar-refractivity contribution in [1.29, 1.82) is 0 Å². The van der Waals surface area contributed by atoms with Crippen LogP contribution in [0.5, 0.6) is 0 Å². The number of para-hydroxylation sites is 1. The number of aromatic amines is 1. The predicted molar refractivity (Wildman–Crippen MR) is 68.1 cm³/mol. The van der Waals surface area contributed by atoms with Crippen LogP contribution in [0.2, 0.25) is 0 Å². The minimum atomic E-state index is 0.0188. The molecule has 0 aliphatic heterocycles. The van der Waals surface area contributed by atoms with Gasteiger partial charge in [-0.3, -0.25) is 4.79 Å². The van der Waals surface area contributed by atoms with Crippen LogP contribution in [0.3, 0.4) is 0 Å². The highest BCUT2D eigenvalue weighted by atomic mass is 16.1. The lowest BCUT2D eigenvalue weighted by atomic mass is 9.93. The molecule has 0 radical (unpaired) electrons. The number of hydrogen-bond donors (Lipinski definition) is 2. The number of aryl methyl sites for hydroxylation is 1. The van der Waals surface area contributed by atoms with Crippen LogP contribution in [0, 0.1) is 6.92 Å². The third-order valence-corrected chi connectivity index (χ3v) is 3.55. The molecule has 1 heterocycles. The van der Waals surface area contributed by atoms with Gasteiger partial charge in [0.15, 0.2) is 0 Å². The summed E-state index contributed by atoms with van der Waals surface area (Å²) in [6.45, 7) is 2.05. The fourth-order valence-electron chi connectivity index (χ4n) is 2.25. The lowest BCUT2D eigenvalue weighted by molar-refractivity contribution is 0.0912. The monoisotopic (exact) mass is 228 g/mol. The zero-order valence-corrected chi connectivity index (χ0v) is 9.92. The van der Waals surface area contributed by atoms with Gasteiger partial charge in [-0.05, 0) is 37.8 Å². The zero-order chi connectivity index (χ0) is 11.8. The van der Waals surface area contributed by atoms with Crippen LogP contribution in [0.1, 0.15) is 35.3 Å². The summed E-state index contributed by atoms with van der Waals surface area (Å²) in [5.74, 6) is 0.0188. The normalized spacial score (nSPS) is 15.8. The smallest absolute Gasteiger partial charge is 0.267 e. The van der Waals surface area contributed by atoms with Crippen molar-refractivity contribution in [3.8, 4) is 0 Å². The first kappa shape index (κ1) is 10.4. The molecule has 2 aromatic rings. The maximum Gasteiger partial charge on any atom is 0.267 e. The van der Waals surface area contributed by atoms with Gasteiger partial charge in [-0.1, -0.05) is 18.2 Å². The molecule has 1 saturated carbocycles. The van der Waals surface area contributed by atoms with Crippen molar-refractivity contribution in [2.75, 3.05) is 0 Å². The lowest BCUT2D eigenvalue weighted by Gasteiger charge is -2.25. The average Bonchev–Trinajstić information content (AvgIpc) is 2.68. The predicted octanol–water partition coefficient (Wildman–Crippen LogP) is 2.76. The van der Waals surface area contributed by atoms with E-state index in [2.05, 4.69) is 10.3 Å². The van der Waals surface area contributed by atoms with E-state index in [4.69, 9.17) is 0 Å². The van der Waals surface area contributed by atoms with Crippen molar-refractivity contribution in [3.63, 3.8) is 0 Å². The largest absolute Gasteiger partial charge is 0.350 e. The summed E-state index contributed by atoms with van der Waals surface area (Å²) < 4.78 is 0. The van der Waals surface area contributed by atoms with E-state index >= 15 is 0 Å². The molecule has 3 rings (SSSR count). The second-order valence-corrected chi connectivity index (χ2v) is 4.82. The van der Waals surface area contributed by atoms with Crippen LogP contribution >= 0.6 is 0 Å². The van der Waals surface area contributed by atoms with Gasteiger partial charge in [0.05, 0.1) is 0 Å². The molecule has 1 aromatic carbocycles. The van der Waals surface area contributed by atoms with E-state index in [1.165, 1.54) is 12.0 Å². The quantitative estimate of drug-likeness (QED) is 0.815. The summed E-state index contributed by atoms with van der Waals surface area (Å²) in [5, 5.41) is 4.14. The van der Waals surface area contributed by atoms with Crippen molar-refractivity contribution in [2.24, 2.45) is 0 Å². The molecule has 1 aliphatic carbocycles. The second kappa shape index (κ2) is 3.91. The van der Waals surface area contributed by atoms with E-state index in [1.54, 1.807) is 0 Å². The molecular weight excluding hydrogens is 212 g/mol. The fourth-order valence-corrected chi connectivity index (χ4v) is 2.25. The first-order valence-electron chi connectivity index (χ1n) is 6.13. The number of benzene rings is 1. The minimum absolute atomic E-state index is 0.0188. The number of rotatable bonds is 2. The molecule has 0 bridgehead atoms. The van der Waals surface area contributed by atoms with E-state index in [0.29, 0.717) is 11.7 Å². The van der Waals surface area contributed by atoms with Gasteiger partial charge in [0.25, 0.3) is 5.91 Å². The van der Waals surface area contributed by atoms with E-state index in [9.17, 15) is 4.79 Å². The highest BCUT2D eigenvalue weighted by molar-refractivity contribution is 5.98. The summed E-state index contributed by atoms with van der Waals surface area (Å²) in [6, 6.07) is 8.40. The summed E-state index contributed by atoms with van der Waals surface area (Å²) in [5.41, 5.74) is 2.90. The summed E-state index contributed by atoms with van der Waals surface area (Å²) in [6.07, 6.45) is 3.47. The van der Waals surface area contributed by atoms with Gasteiger partial charge in [-0.25, -0.2) is 0 Å². The number of amides is 1. The summed E-state index contributed by atoms with van der Waals surface area (Å²) in [4.78, 5) is 15.2. The first-order chi connectivity index (χ1) is 8.24. The van der Waals surface area contributed by atoms with Crippen molar-refractivity contribution in [2.45, 2.75) is 32.2 Å². The van der Waals surface area contributed by atoms with Crippen molar-refractivity contribution in [3.05, 3.63) is 35.5 Å². The van der Waals surface area contributed by atoms with Gasteiger partial charge in [-0.2, -0.15) is 0 Å². The van der Waals surface area contributed by atoms with Crippen LogP contribution in [-0.2, 0) is 0 Å². The Labute approximate surface area is 100 Å². The molecule has 3 heteroatoms. The average molecular weight is 228 g/mol. The molecule has 2 N–H and O–H groups in total. The maximum atomic E-state index is 12.0. The Morgan fingerprint density at radius 3 is 2.88 bits per heavy atom. The van der Waals surface area contributed by atoms with Crippen LogP contribution in [0.15, 0.2) is 24.3 Å². The molecule has 0 spiro atoms. The zero-order valence-electron chi connectivity index (χ0n) is 9.92. The van der Waals surface area contributed by atoms with Crippen LogP contribution < -0.4 is 5.32 Å². The van der Waals surface area contributed by atoms with Crippen LogP contribution in [0.25, 0.3) is 10.9 Å². The number of carbonyl (C=O) groups excluding carboxylic acids is 1. The van der Waals surface area contributed by atoms with E-state index < -0.39 is 0 Å². The van der Waals surface area contributed by atoms with Gasteiger partial charge >= 0.3 is 0 Å². The Kier molecular flexibility index (Phi) is 2.39. The summed E-state index contributed by atoms with van der Waals surface area (Å²) in [7, 11) is 0. The topological polar surface area (TPSA) is 44.9 Å². The number of carbonyl (C=O) groups is 1. The molecular formula is C14H16N2O. The molecule has 88 valence electrons. The summed E-state index contributed by atoms with van der Waals surface area (Å²) >= 11 is 0. The molecule has 0 unspecified atom stereocenters. The van der Waals surface area contributed by atoms with E-state index in [0.717, 1.165) is 23.7 Å². The maximum absolute atomic E-state index is 12.0. The highest BCUT2D eigenvalue weighted by Crippen LogP contribution is 2.21. The second-order valence-electron chi connectivity index (χ2n) is 4.82. The number of aromatic nitrogens is 1. The van der Waals surface area contributed by atoms with Crippen LogP contribution in [0.4, 0.5) is 0 Å². The minimum Gasteiger partial charge on any atom is -0.350 e. The molecule has 0 saturated heterocycles. The Balaban J connectivity index is 1.89. The number of hydrogen-bond acceptors (Lipinski definition) is 1. The first-order valence-corrected chi connectivity index (χ1v) is 6.13. The molecule has 0 atom stereocenters.